The fourth-order valence-corrected chi connectivity index (χ4v) is 1.63. The highest BCUT2D eigenvalue weighted by atomic mass is 16.6. The summed E-state index contributed by atoms with van der Waals surface area (Å²) in [6.07, 6.45) is 2.04. The zero-order valence-corrected chi connectivity index (χ0v) is 9.72. The minimum absolute atomic E-state index is 0.0726. The number of esters is 1. The Morgan fingerprint density at radius 2 is 2.18 bits per heavy atom. The summed E-state index contributed by atoms with van der Waals surface area (Å²) in [4.78, 5) is 16.0. The molecule has 17 heavy (non-hydrogen) atoms. The van der Waals surface area contributed by atoms with Crippen LogP contribution in [0.1, 0.15) is 12.0 Å². The van der Waals surface area contributed by atoms with Crippen LogP contribution < -0.4 is 5.48 Å². The Labute approximate surface area is 101 Å². The van der Waals surface area contributed by atoms with E-state index >= 15 is 0 Å². The van der Waals surface area contributed by atoms with Gasteiger partial charge in [-0.1, -0.05) is 30.3 Å². The van der Waals surface area contributed by atoms with Crippen molar-refractivity contribution in [2.45, 2.75) is 12.8 Å². The van der Waals surface area contributed by atoms with Crippen LogP contribution in [0, 0.1) is 5.92 Å². The molecule has 1 aromatic rings. The van der Waals surface area contributed by atoms with Crippen LogP contribution in [0.4, 0.5) is 0 Å². The van der Waals surface area contributed by atoms with Crippen molar-refractivity contribution < 1.29 is 14.4 Å². The Kier molecular flexibility index (Phi) is 4.53. The summed E-state index contributed by atoms with van der Waals surface area (Å²) in [5.41, 5.74) is 4.20. The minimum Gasteiger partial charge on any atom is -0.464 e. The zero-order valence-electron chi connectivity index (χ0n) is 9.72. The maximum Gasteiger partial charge on any atom is 0.314 e. The molecule has 1 aliphatic rings. The fourth-order valence-electron chi connectivity index (χ4n) is 1.63. The molecule has 92 valence electrons. The Morgan fingerprint density at radius 3 is 2.82 bits per heavy atom. The summed E-state index contributed by atoms with van der Waals surface area (Å²) in [5, 5.41) is 0. The van der Waals surface area contributed by atoms with Crippen LogP contribution in [0.2, 0.25) is 0 Å². The molecule has 2 rings (SSSR count). The highest BCUT2D eigenvalue weighted by Gasteiger charge is 2.30. The number of aryl methyl sites for hydroxylation is 1. The summed E-state index contributed by atoms with van der Waals surface area (Å²) in [5.74, 6) is -0.229. The first-order valence-electron chi connectivity index (χ1n) is 5.91. The van der Waals surface area contributed by atoms with Crippen molar-refractivity contribution in [3.8, 4) is 0 Å². The van der Waals surface area contributed by atoms with E-state index in [0.717, 1.165) is 19.4 Å². The van der Waals surface area contributed by atoms with Crippen LogP contribution in [-0.2, 0) is 20.8 Å². The summed E-state index contributed by atoms with van der Waals surface area (Å²) in [6.45, 7) is 1.69. The number of rotatable bonds is 7. The Morgan fingerprint density at radius 1 is 1.35 bits per heavy atom. The lowest BCUT2D eigenvalue weighted by Crippen LogP contribution is -2.39. The molecule has 1 heterocycles. The average Bonchev–Trinajstić information content (AvgIpc) is 2.37. The summed E-state index contributed by atoms with van der Waals surface area (Å²) >= 11 is 0. The molecule has 4 nitrogen and oxygen atoms in total. The van der Waals surface area contributed by atoms with E-state index in [2.05, 4.69) is 22.3 Å². The van der Waals surface area contributed by atoms with Crippen LogP contribution in [0.25, 0.3) is 0 Å². The van der Waals surface area contributed by atoms with Gasteiger partial charge in [0.05, 0.1) is 6.61 Å². The van der Waals surface area contributed by atoms with Crippen molar-refractivity contribution in [1.29, 1.82) is 0 Å². The molecule has 0 saturated carbocycles. The van der Waals surface area contributed by atoms with E-state index in [-0.39, 0.29) is 11.9 Å². The van der Waals surface area contributed by atoms with Crippen molar-refractivity contribution in [3.63, 3.8) is 0 Å². The topological polar surface area (TPSA) is 47.6 Å². The molecule has 1 saturated heterocycles. The molecular weight excluding hydrogens is 218 g/mol. The van der Waals surface area contributed by atoms with Gasteiger partial charge < -0.3 is 9.57 Å². The van der Waals surface area contributed by atoms with Crippen LogP contribution in [-0.4, -0.2) is 25.7 Å². The third-order valence-corrected chi connectivity index (χ3v) is 2.73. The molecular formula is C13H17NO3. The predicted octanol–water partition coefficient (Wildman–Crippen LogP) is 1.31. The molecule has 0 amide bonds. The first kappa shape index (κ1) is 12.1. The molecule has 1 fully saturated rings. The van der Waals surface area contributed by atoms with E-state index in [1.807, 2.05) is 18.2 Å². The number of carbonyl (C=O) groups excluding carboxylic acids is 1. The number of ether oxygens (including phenoxy) is 1. The van der Waals surface area contributed by atoms with Crippen molar-refractivity contribution in [2.75, 3.05) is 19.8 Å². The second-order valence-corrected chi connectivity index (χ2v) is 4.12. The van der Waals surface area contributed by atoms with E-state index in [4.69, 9.17) is 4.84 Å². The number of carbonyl (C=O) groups is 1. The molecule has 0 spiro atoms. The minimum atomic E-state index is -0.156. The molecule has 0 bridgehead atoms. The lowest BCUT2D eigenvalue weighted by atomic mass is 10.1. The molecule has 1 aliphatic heterocycles. The van der Waals surface area contributed by atoms with Crippen LogP contribution in [0.15, 0.2) is 30.3 Å². The standard InChI is InChI=1S/C13H17NO3/c15-13-12(9-16-13)10-17-14-8-4-7-11-5-2-1-3-6-11/h1-3,5-6,12,14H,4,7-10H2/t12-/m0/s1. The molecule has 0 aliphatic carbocycles. The Hall–Kier alpha value is -1.39. The Bertz CT molecular complexity index is 353. The highest BCUT2D eigenvalue weighted by Crippen LogP contribution is 2.11. The molecule has 0 unspecified atom stereocenters. The summed E-state index contributed by atoms with van der Waals surface area (Å²) in [7, 11) is 0. The molecule has 4 heteroatoms. The second-order valence-electron chi connectivity index (χ2n) is 4.12. The quantitative estimate of drug-likeness (QED) is 0.440. The predicted molar refractivity (Wildman–Crippen MR) is 63.2 cm³/mol. The van der Waals surface area contributed by atoms with Crippen LogP contribution in [0.3, 0.4) is 0 Å². The monoisotopic (exact) mass is 235 g/mol. The van der Waals surface area contributed by atoms with Gasteiger partial charge in [0, 0.05) is 6.54 Å². The number of hydroxylamine groups is 1. The second kappa shape index (κ2) is 6.37. The smallest absolute Gasteiger partial charge is 0.314 e. The Balaban J connectivity index is 1.48. The van der Waals surface area contributed by atoms with Gasteiger partial charge in [-0.3, -0.25) is 4.79 Å². The van der Waals surface area contributed by atoms with E-state index in [9.17, 15) is 4.79 Å². The van der Waals surface area contributed by atoms with E-state index in [0.29, 0.717) is 13.2 Å². The first-order chi connectivity index (χ1) is 8.36. The summed E-state index contributed by atoms with van der Waals surface area (Å²) < 4.78 is 4.63. The summed E-state index contributed by atoms with van der Waals surface area (Å²) in [6, 6.07) is 10.3. The van der Waals surface area contributed by atoms with E-state index in [1.165, 1.54) is 5.56 Å². The zero-order chi connectivity index (χ0) is 11.9. The van der Waals surface area contributed by atoms with Gasteiger partial charge in [0.1, 0.15) is 12.5 Å². The molecule has 1 atom stereocenters. The first-order valence-corrected chi connectivity index (χ1v) is 5.91. The van der Waals surface area contributed by atoms with Gasteiger partial charge in [-0.25, -0.2) is 5.48 Å². The third-order valence-electron chi connectivity index (χ3n) is 2.73. The SMILES string of the molecule is O=C1OC[C@H]1CONCCCc1ccccc1. The maximum atomic E-state index is 10.8. The number of hydrogen-bond acceptors (Lipinski definition) is 4. The van der Waals surface area contributed by atoms with Crippen LogP contribution >= 0.6 is 0 Å². The normalized spacial score (nSPS) is 18.6. The largest absolute Gasteiger partial charge is 0.464 e. The van der Waals surface area contributed by atoms with Crippen molar-refractivity contribution in [2.24, 2.45) is 5.92 Å². The van der Waals surface area contributed by atoms with Gasteiger partial charge in [0.15, 0.2) is 0 Å². The number of hydrogen-bond donors (Lipinski definition) is 1. The van der Waals surface area contributed by atoms with Gasteiger partial charge in [-0.2, -0.15) is 0 Å². The molecule has 1 aromatic carbocycles. The van der Waals surface area contributed by atoms with Gasteiger partial charge in [-0.15, -0.1) is 0 Å². The highest BCUT2D eigenvalue weighted by molar-refractivity contribution is 5.77. The molecule has 1 N–H and O–H groups in total. The van der Waals surface area contributed by atoms with Crippen LogP contribution in [0.5, 0.6) is 0 Å². The average molecular weight is 235 g/mol. The van der Waals surface area contributed by atoms with Gasteiger partial charge >= 0.3 is 5.97 Å². The number of cyclic esters (lactones) is 1. The van der Waals surface area contributed by atoms with E-state index < -0.39 is 0 Å². The van der Waals surface area contributed by atoms with Gasteiger partial charge in [-0.05, 0) is 18.4 Å². The van der Waals surface area contributed by atoms with Crippen molar-refractivity contribution >= 4 is 5.97 Å². The van der Waals surface area contributed by atoms with E-state index in [1.54, 1.807) is 0 Å². The fraction of sp³-hybridized carbons (Fsp3) is 0.462. The van der Waals surface area contributed by atoms with Gasteiger partial charge in [0.25, 0.3) is 0 Å². The third kappa shape index (κ3) is 3.84. The van der Waals surface area contributed by atoms with Crippen molar-refractivity contribution in [1.82, 2.24) is 5.48 Å². The lowest BCUT2D eigenvalue weighted by molar-refractivity contribution is -0.175. The number of nitrogens with one attached hydrogen (secondary N) is 1. The number of benzene rings is 1. The van der Waals surface area contributed by atoms with Gasteiger partial charge in [0.2, 0.25) is 0 Å². The molecule has 0 radical (unpaired) electrons. The molecule has 0 aromatic heterocycles. The lowest BCUT2D eigenvalue weighted by Gasteiger charge is -2.23. The van der Waals surface area contributed by atoms with Crippen molar-refractivity contribution in [3.05, 3.63) is 35.9 Å². The maximum absolute atomic E-state index is 10.8.